The normalized spacial score (nSPS) is 23.1. The molecule has 20 heavy (non-hydrogen) atoms. The Hall–Kier alpha value is -1.35. The standard InChI is InChI=1S/C17H24N2O/c20-17(14-7-2-1-3-8-14)19-12-16-15-9-5-4-6-13(15)10-11-18-16/h4-6,9,14,16,18H,1-3,7-8,10-12H2,(H,19,20)/p+1/t16-/m0/s1. The Balaban J connectivity index is 1.57. The number of hydrogen-bond acceptors (Lipinski definition) is 1. The van der Waals surface area contributed by atoms with Crippen LogP contribution in [-0.2, 0) is 11.2 Å². The summed E-state index contributed by atoms with van der Waals surface area (Å²) in [6.07, 6.45) is 7.04. The van der Waals surface area contributed by atoms with Crippen molar-refractivity contribution in [2.45, 2.75) is 44.6 Å². The number of nitrogens with one attached hydrogen (secondary N) is 1. The lowest BCUT2D eigenvalue weighted by molar-refractivity contribution is -0.697. The van der Waals surface area contributed by atoms with E-state index >= 15 is 0 Å². The van der Waals surface area contributed by atoms with Gasteiger partial charge in [-0.15, -0.1) is 0 Å². The van der Waals surface area contributed by atoms with E-state index in [2.05, 4.69) is 34.9 Å². The van der Waals surface area contributed by atoms with Crippen LogP contribution in [0.15, 0.2) is 24.3 Å². The maximum atomic E-state index is 12.2. The Morgan fingerprint density at radius 3 is 2.85 bits per heavy atom. The first-order valence-corrected chi connectivity index (χ1v) is 8.03. The second-order valence-electron chi connectivity index (χ2n) is 6.16. The van der Waals surface area contributed by atoms with E-state index in [1.54, 1.807) is 0 Å². The van der Waals surface area contributed by atoms with Gasteiger partial charge in [0.2, 0.25) is 5.91 Å². The fourth-order valence-corrected chi connectivity index (χ4v) is 3.60. The van der Waals surface area contributed by atoms with Gasteiger partial charge in [-0.05, 0) is 18.4 Å². The molecule has 0 aromatic heterocycles. The zero-order valence-electron chi connectivity index (χ0n) is 12.1. The van der Waals surface area contributed by atoms with Gasteiger partial charge in [-0.2, -0.15) is 0 Å². The molecular weight excluding hydrogens is 248 g/mol. The van der Waals surface area contributed by atoms with E-state index in [0.717, 1.165) is 32.4 Å². The predicted molar refractivity (Wildman–Crippen MR) is 79.3 cm³/mol. The van der Waals surface area contributed by atoms with Gasteiger partial charge in [-0.1, -0.05) is 43.5 Å². The number of nitrogens with two attached hydrogens (primary N) is 1. The van der Waals surface area contributed by atoms with Crippen molar-refractivity contribution in [3.8, 4) is 0 Å². The molecule has 3 heteroatoms. The van der Waals surface area contributed by atoms with Crippen LogP contribution in [0.2, 0.25) is 0 Å². The first-order valence-electron chi connectivity index (χ1n) is 8.03. The van der Waals surface area contributed by atoms with Crippen molar-refractivity contribution >= 4 is 5.91 Å². The first kappa shape index (κ1) is 13.6. The summed E-state index contributed by atoms with van der Waals surface area (Å²) < 4.78 is 0. The van der Waals surface area contributed by atoms with E-state index in [4.69, 9.17) is 0 Å². The average Bonchev–Trinajstić information content (AvgIpc) is 2.53. The Labute approximate surface area is 121 Å². The molecule has 1 amide bonds. The highest BCUT2D eigenvalue weighted by Gasteiger charge is 2.25. The van der Waals surface area contributed by atoms with Gasteiger partial charge in [0.25, 0.3) is 0 Å². The molecule has 1 aromatic carbocycles. The molecular formula is C17H25N2O+. The molecule has 3 rings (SSSR count). The number of carbonyl (C=O) groups excluding carboxylic acids is 1. The van der Waals surface area contributed by atoms with Gasteiger partial charge < -0.3 is 10.6 Å². The first-order chi connectivity index (χ1) is 9.84. The predicted octanol–water partition coefficient (Wildman–Crippen LogP) is 1.54. The number of amides is 1. The van der Waals surface area contributed by atoms with E-state index in [1.165, 1.54) is 30.4 Å². The molecule has 0 unspecified atom stereocenters. The lowest BCUT2D eigenvalue weighted by atomic mass is 9.88. The van der Waals surface area contributed by atoms with Crippen molar-refractivity contribution in [3.05, 3.63) is 35.4 Å². The summed E-state index contributed by atoms with van der Waals surface area (Å²) in [5.74, 6) is 0.545. The summed E-state index contributed by atoms with van der Waals surface area (Å²) in [6, 6.07) is 9.05. The Morgan fingerprint density at radius 2 is 2.00 bits per heavy atom. The second-order valence-corrected chi connectivity index (χ2v) is 6.16. The molecule has 0 saturated heterocycles. The SMILES string of the molecule is O=C(NC[C@@H]1[NH2+]CCc2ccccc21)C1CCCCC1. The molecule has 1 atom stereocenters. The molecule has 1 aliphatic carbocycles. The van der Waals surface area contributed by atoms with Crippen LogP contribution in [0.3, 0.4) is 0 Å². The third kappa shape index (κ3) is 3.04. The Morgan fingerprint density at radius 1 is 1.20 bits per heavy atom. The van der Waals surface area contributed by atoms with E-state index in [9.17, 15) is 4.79 Å². The molecule has 3 N–H and O–H groups in total. The fourth-order valence-electron chi connectivity index (χ4n) is 3.60. The van der Waals surface area contributed by atoms with Crippen LogP contribution in [-0.4, -0.2) is 19.0 Å². The highest BCUT2D eigenvalue weighted by Crippen LogP contribution is 2.24. The van der Waals surface area contributed by atoms with Crippen molar-refractivity contribution < 1.29 is 10.1 Å². The number of fused-ring (bicyclic) bond motifs is 1. The minimum atomic E-state index is 0.266. The van der Waals surface area contributed by atoms with E-state index in [1.807, 2.05) is 0 Å². The molecule has 1 fully saturated rings. The van der Waals surface area contributed by atoms with Gasteiger partial charge in [-0.25, -0.2) is 0 Å². The van der Waals surface area contributed by atoms with Crippen LogP contribution in [0.5, 0.6) is 0 Å². The molecule has 2 aliphatic rings. The third-order valence-corrected chi connectivity index (χ3v) is 4.79. The van der Waals surface area contributed by atoms with Crippen molar-refractivity contribution in [1.82, 2.24) is 5.32 Å². The topological polar surface area (TPSA) is 45.7 Å². The van der Waals surface area contributed by atoms with Gasteiger partial charge in [0.1, 0.15) is 6.04 Å². The molecule has 108 valence electrons. The van der Waals surface area contributed by atoms with Gasteiger partial charge in [0.05, 0.1) is 13.1 Å². The van der Waals surface area contributed by atoms with Crippen molar-refractivity contribution in [2.75, 3.05) is 13.1 Å². The summed E-state index contributed by atoms with van der Waals surface area (Å²) in [5, 5.41) is 5.56. The summed E-state index contributed by atoms with van der Waals surface area (Å²) >= 11 is 0. The monoisotopic (exact) mass is 273 g/mol. The quantitative estimate of drug-likeness (QED) is 0.862. The molecule has 0 radical (unpaired) electrons. The van der Waals surface area contributed by atoms with Crippen LogP contribution < -0.4 is 10.6 Å². The molecule has 1 aromatic rings. The molecule has 1 aliphatic heterocycles. The minimum absolute atomic E-state index is 0.266. The van der Waals surface area contributed by atoms with Crippen LogP contribution >= 0.6 is 0 Å². The Kier molecular flexibility index (Phi) is 4.36. The van der Waals surface area contributed by atoms with E-state index in [-0.39, 0.29) is 11.8 Å². The lowest BCUT2D eigenvalue weighted by Crippen LogP contribution is -2.88. The lowest BCUT2D eigenvalue weighted by Gasteiger charge is -2.26. The number of carbonyl (C=O) groups is 1. The molecule has 0 bridgehead atoms. The van der Waals surface area contributed by atoms with Gasteiger partial charge in [0.15, 0.2) is 0 Å². The van der Waals surface area contributed by atoms with Crippen LogP contribution in [0.1, 0.15) is 49.3 Å². The average molecular weight is 273 g/mol. The molecule has 3 nitrogen and oxygen atoms in total. The van der Waals surface area contributed by atoms with Crippen molar-refractivity contribution in [1.29, 1.82) is 0 Å². The fraction of sp³-hybridized carbons (Fsp3) is 0.588. The zero-order chi connectivity index (χ0) is 13.8. The number of quaternary nitrogens is 1. The summed E-state index contributed by atoms with van der Waals surface area (Å²) in [7, 11) is 0. The summed E-state index contributed by atoms with van der Waals surface area (Å²) in [4.78, 5) is 12.2. The zero-order valence-corrected chi connectivity index (χ0v) is 12.1. The van der Waals surface area contributed by atoms with Gasteiger partial charge >= 0.3 is 0 Å². The van der Waals surface area contributed by atoms with Gasteiger partial charge in [-0.3, -0.25) is 4.79 Å². The van der Waals surface area contributed by atoms with E-state index in [0.29, 0.717) is 6.04 Å². The molecule has 0 spiro atoms. The number of benzene rings is 1. The molecule has 1 saturated carbocycles. The second kappa shape index (κ2) is 6.40. The van der Waals surface area contributed by atoms with E-state index < -0.39 is 0 Å². The molecule has 1 heterocycles. The highest BCUT2D eigenvalue weighted by atomic mass is 16.1. The number of hydrogen-bond donors (Lipinski definition) is 2. The number of rotatable bonds is 3. The largest absolute Gasteiger partial charge is 0.350 e. The maximum absolute atomic E-state index is 12.2. The van der Waals surface area contributed by atoms with Gasteiger partial charge in [0, 0.05) is 17.9 Å². The summed E-state index contributed by atoms with van der Waals surface area (Å²) in [6.45, 7) is 1.90. The Bertz CT molecular complexity index is 466. The smallest absolute Gasteiger partial charge is 0.223 e. The highest BCUT2D eigenvalue weighted by molar-refractivity contribution is 5.78. The van der Waals surface area contributed by atoms with Crippen molar-refractivity contribution in [3.63, 3.8) is 0 Å². The van der Waals surface area contributed by atoms with Crippen LogP contribution in [0.4, 0.5) is 0 Å². The third-order valence-electron chi connectivity index (χ3n) is 4.79. The van der Waals surface area contributed by atoms with Crippen LogP contribution in [0, 0.1) is 5.92 Å². The minimum Gasteiger partial charge on any atom is -0.350 e. The van der Waals surface area contributed by atoms with Crippen molar-refractivity contribution in [2.24, 2.45) is 5.92 Å². The summed E-state index contributed by atoms with van der Waals surface area (Å²) in [5.41, 5.74) is 2.86. The van der Waals surface area contributed by atoms with Crippen LogP contribution in [0.25, 0.3) is 0 Å². The maximum Gasteiger partial charge on any atom is 0.223 e.